The van der Waals surface area contributed by atoms with E-state index in [2.05, 4.69) is 16.7 Å². The molecule has 1 aromatic rings. The Morgan fingerprint density at radius 1 is 1.32 bits per heavy atom. The van der Waals surface area contributed by atoms with E-state index in [-0.39, 0.29) is 12.1 Å². The summed E-state index contributed by atoms with van der Waals surface area (Å²) in [6.07, 6.45) is 5.18. The topological polar surface area (TPSA) is 50.4 Å². The third-order valence-corrected chi connectivity index (χ3v) is 3.94. The van der Waals surface area contributed by atoms with Crippen LogP contribution in [0.15, 0.2) is 18.2 Å². The molecule has 1 amide bonds. The molecule has 19 heavy (non-hydrogen) atoms. The van der Waals surface area contributed by atoms with Crippen LogP contribution in [0.2, 0.25) is 0 Å². The number of fused-ring (bicyclic) bond motifs is 1. The van der Waals surface area contributed by atoms with Crippen LogP contribution in [0, 0.1) is 0 Å². The summed E-state index contributed by atoms with van der Waals surface area (Å²) in [5.74, 6) is 0.737. The van der Waals surface area contributed by atoms with Crippen molar-refractivity contribution in [3.8, 4) is 5.75 Å². The minimum Gasteiger partial charge on any atom is -0.410 e. The second-order valence-corrected chi connectivity index (χ2v) is 5.32. The molecule has 102 valence electrons. The van der Waals surface area contributed by atoms with Gasteiger partial charge in [0, 0.05) is 12.6 Å². The molecule has 2 N–H and O–H groups in total. The largest absolute Gasteiger partial charge is 0.412 e. The molecule has 0 aromatic heterocycles. The number of amides is 1. The van der Waals surface area contributed by atoms with Gasteiger partial charge in [0.15, 0.2) is 0 Å². The molecular weight excluding hydrogens is 240 g/mol. The molecule has 0 spiro atoms. The van der Waals surface area contributed by atoms with Crippen LogP contribution in [0.4, 0.5) is 4.79 Å². The van der Waals surface area contributed by atoms with Crippen LogP contribution in [-0.4, -0.2) is 25.2 Å². The molecule has 1 fully saturated rings. The number of hydrogen-bond donors (Lipinski definition) is 2. The van der Waals surface area contributed by atoms with Gasteiger partial charge in [0.1, 0.15) is 5.75 Å². The van der Waals surface area contributed by atoms with Gasteiger partial charge in [0.25, 0.3) is 0 Å². The molecular formula is C15H20N2O2. The first-order valence-electron chi connectivity index (χ1n) is 7.13. The summed E-state index contributed by atoms with van der Waals surface area (Å²) >= 11 is 0. The van der Waals surface area contributed by atoms with Gasteiger partial charge in [-0.3, -0.25) is 0 Å². The molecule has 1 saturated heterocycles. The molecule has 1 aliphatic heterocycles. The minimum atomic E-state index is -0.326. The highest BCUT2D eigenvalue weighted by Gasteiger charge is 2.20. The summed E-state index contributed by atoms with van der Waals surface area (Å²) in [6, 6.07) is 6.22. The Kier molecular flexibility index (Phi) is 3.69. The first-order valence-corrected chi connectivity index (χ1v) is 7.13. The van der Waals surface area contributed by atoms with Crippen LogP contribution >= 0.6 is 0 Å². The second kappa shape index (κ2) is 5.61. The predicted molar refractivity (Wildman–Crippen MR) is 73.5 cm³/mol. The summed E-state index contributed by atoms with van der Waals surface area (Å²) in [4.78, 5) is 11.9. The lowest BCUT2D eigenvalue weighted by Crippen LogP contribution is -2.38. The highest BCUT2D eigenvalue weighted by atomic mass is 16.6. The van der Waals surface area contributed by atoms with Gasteiger partial charge < -0.3 is 15.4 Å². The summed E-state index contributed by atoms with van der Waals surface area (Å²) in [7, 11) is 0. The first kappa shape index (κ1) is 12.5. The van der Waals surface area contributed by atoms with E-state index in [1.165, 1.54) is 24.0 Å². The molecule has 0 bridgehead atoms. The van der Waals surface area contributed by atoms with Gasteiger partial charge in [0.05, 0.1) is 0 Å². The Hall–Kier alpha value is -1.55. The maximum atomic E-state index is 11.9. The van der Waals surface area contributed by atoms with Gasteiger partial charge in [-0.25, -0.2) is 4.79 Å². The lowest BCUT2D eigenvalue weighted by Gasteiger charge is -2.19. The molecule has 0 saturated carbocycles. The van der Waals surface area contributed by atoms with E-state index in [9.17, 15) is 4.79 Å². The zero-order chi connectivity index (χ0) is 13.1. The fourth-order valence-corrected chi connectivity index (χ4v) is 2.92. The van der Waals surface area contributed by atoms with Gasteiger partial charge in [-0.2, -0.15) is 0 Å². The molecule has 0 radical (unpaired) electrons. The number of aryl methyl sites for hydroxylation is 1. The van der Waals surface area contributed by atoms with E-state index in [1.54, 1.807) is 0 Å². The number of benzene rings is 1. The Bertz CT molecular complexity index is 467. The fraction of sp³-hybridized carbons (Fsp3) is 0.533. The molecule has 1 aromatic carbocycles. The van der Waals surface area contributed by atoms with Gasteiger partial charge in [-0.15, -0.1) is 0 Å². The van der Waals surface area contributed by atoms with Crippen LogP contribution in [0.25, 0.3) is 0 Å². The molecule has 3 rings (SSSR count). The van der Waals surface area contributed by atoms with E-state index in [0.717, 1.165) is 38.1 Å². The minimum absolute atomic E-state index is 0.201. The van der Waals surface area contributed by atoms with Crippen molar-refractivity contribution >= 4 is 6.09 Å². The highest BCUT2D eigenvalue weighted by Crippen LogP contribution is 2.29. The zero-order valence-corrected chi connectivity index (χ0v) is 11.1. The molecule has 1 heterocycles. The number of ether oxygens (including phenoxy) is 1. The predicted octanol–water partition coefficient (Wildman–Crippen LogP) is 2.02. The normalized spacial score (nSPS) is 21.8. The Morgan fingerprint density at radius 3 is 3.05 bits per heavy atom. The smallest absolute Gasteiger partial charge is 0.410 e. The van der Waals surface area contributed by atoms with Crippen LogP contribution in [0.3, 0.4) is 0 Å². The van der Waals surface area contributed by atoms with Crippen molar-refractivity contribution < 1.29 is 9.53 Å². The zero-order valence-electron chi connectivity index (χ0n) is 11.1. The Labute approximate surface area is 113 Å². The lowest BCUT2D eigenvalue weighted by atomic mass is 9.91. The average Bonchev–Trinajstić information content (AvgIpc) is 2.92. The molecule has 1 unspecified atom stereocenters. The van der Waals surface area contributed by atoms with Crippen LogP contribution < -0.4 is 15.4 Å². The molecule has 2 aliphatic rings. The van der Waals surface area contributed by atoms with Gasteiger partial charge in [-0.05, 0) is 55.8 Å². The van der Waals surface area contributed by atoms with Crippen molar-refractivity contribution in [1.29, 1.82) is 0 Å². The van der Waals surface area contributed by atoms with Crippen molar-refractivity contribution in [2.45, 2.75) is 38.1 Å². The maximum absolute atomic E-state index is 11.9. The van der Waals surface area contributed by atoms with Crippen molar-refractivity contribution in [2.24, 2.45) is 0 Å². The molecule has 4 heteroatoms. The monoisotopic (exact) mass is 260 g/mol. The number of hydrogen-bond acceptors (Lipinski definition) is 3. The third kappa shape index (κ3) is 2.89. The maximum Gasteiger partial charge on any atom is 0.412 e. The number of rotatable bonds is 2. The standard InChI is InChI=1S/C15H20N2O2/c18-15(17-12-8-9-16-10-12)19-14-7-3-5-11-4-1-2-6-13(11)14/h3,5,7,12,16H,1-2,4,6,8-10H2,(H,17,18). The van der Waals surface area contributed by atoms with E-state index in [4.69, 9.17) is 4.74 Å². The van der Waals surface area contributed by atoms with E-state index in [1.807, 2.05) is 12.1 Å². The number of nitrogens with one attached hydrogen (secondary N) is 2. The quantitative estimate of drug-likeness (QED) is 0.855. The number of carbonyl (C=O) groups excluding carboxylic acids is 1. The highest BCUT2D eigenvalue weighted by molar-refractivity contribution is 5.71. The van der Waals surface area contributed by atoms with Crippen molar-refractivity contribution in [3.63, 3.8) is 0 Å². The van der Waals surface area contributed by atoms with Crippen molar-refractivity contribution in [1.82, 2.24) is 10.6 Å². The van der Waals surface area contributed by atoms with Crippen LogP contribution in [0.1, 0.15) is 30.4 Å². The molecule has 4 nitrogen and oxygen atoms in total. The van der Waals surface area contributed by atoms with Gasteiger partial charge in [0.2, 0.25) is 0 Å². The summed E-state index contributed by atoms with van der Waals surface area (Å²) in [5.41, 5.74) is 2.55. The van der Waals surface area contributed by atoms with E-state index in [0.29, 0.717) is 0 Å². The second-order valence-electron chi connectivity index (χ2n) is 5.32. The summed E-state index contributed by atoms with van der Waals surface area (Å²) < 4.78 is 5.50. The molecule has 1 aliphatic carbocycles. The first-order chi connectivity index (χ1) is 9.33. The lowest BCUT2D eigenvalue weighted by molar-refractivity contribution is 0.196. The van der Waals surface area contributed by atoms with Gasteiger partial charge in [-0.1, -0.05) is 12.1 Å². The fourth-order valence-electron chi connectivity index (χ4n) is 2.92. The van der Waals surface area contributed by atoms with Crippen molar-refractivity contribution in [3.05, 3.63) is 29.3 Å². The van der Waals surface area contributed by atoms with Crippen molar-refractivity contribution in [2.75, 3.05) is 13.1 Å². The van der Waals surface area contributed by atoms with E-state index >= 15 is 0 Å². The molecule has 1 atom stereocenters. The summed E-state index contributed by atoms with van der Waals surface area (Å²) in [5, 5.41) is 6.13. The summed E-state index contributed by atoms with van der Waals surface area (Å²) in [6.45, 7) is 1.80. The third-order valence-electron chi connectivity index (χ3n) is 3.94. The Balaban J connectivity index is 1.67. The van der Waals surface area contributed by atoms with Crippen LogP contribution in [0.5, 0.6) is 5.75 Å². The average molecular weight is 260 g/mol. The number of carbonyl (C=O) groups is 1. The van der Waals surface area contributed by atoms with Crippen LogP contribution in [-0.2, 0) is 12.8 Å². The SMILES string of the molecule is O=C(NC1CCNC1)Oc1cccc2c1CCCC2. The van der Waals surface area contributed by atoms with Gasteiger partial charge >= 0.3 is 6.09 Å². The van der Waals surface area contributed by atoms with E-state index < -0.39 is 0 Å². The Morgan fingerprint density at radius 2 is 2.21 bits per heavy atom.